The number of esters is 1. The molecule has 0 heterocycles. The zero-order chi connectivity index (χ0) is 19.2. The second-order valence-corrected chi connectivity index (χ2v) is 3.51. The second-order valence-electron chi connectivity index (χ2n) is 3.51. The highest BCUT2D eigenvalue weighted by Crippen LogP contribution is 1.81. The van der Waals surface area contributed by atoms with E-state index in [2.05, 4.69) is 65.3 Å². The monoisotopic (exact) mass is 354 g/mol. The van der Waals surface area contributed by atoms with Crippen molar-refractivity contribution < 1.29 is 25.6 Å². The van der Waals surface area contributed by atoms with E-state index in [1.165, 1.54) is 12.8 Å². The Morgan fingerprint density at radius 1 is 0.875 bits per heavy atom. The Labute approximate surface area is 151 Å². The molecule has 5 nitrogen and oxygen atoms in total. The maximum absolute atomic E-state index is 10.2. The second kappa shape index (κ2) is 99.7. The van der Waals surface area contributed by atoms with Crippen molar-refractivity contribution >= 4 is 5.97 Å². The summed E-state index contributed by atoms with van der Waals surface area (Å²) in [7, 11) is 0. The first-order chi connectivity index (χ1) is 10.6. The first-order valence-corrected chi connectivity index (χ1v) is 7.95. The fourth-order valence-electron chi connectivity index (χ4n) is 0.262. The summed E-state index contributed by atoms with van der Waals surface area (Å²) in [4.78, 5) is 10.2. The van der Waals surface area contributed by atoms with Gasteiger partial charge in [-0.2, -0.15) is 0 Å². The summed E-state index contributed by atoms with van der Waals surface area (Å²) in [6.45, 7) is 28.4. The zero-order valence-corrected chi connectivity index (χ0v) is 17.1. The van der Waals surface area contributed by atoms with Crippen LogP contribution in [0.25, 0.3) is 0 Å². The van der Waals surface area contributed by atoms with Crippen LogP contribution < -0.4 is 0 Å². The Hall–Kier alpha value is -1.43. The van der Waals surface area contributed by atoms with Crippen molar-refractivity contribution in [2.24, 2.45) is 0 Å². The predicted molar refractivity (Wildman–Crippen MR) is 110 cm³/mol. The minimum Gasteiger partial charge on any atom is -0.463 e. The minimum absolute atomic E-state index is 0. The molecule has 0 spiro atoms. The number of carbonyl (C=O) groups is 1. The first-order valence-electron chi connectivity index (χ1n) is 7.95. The van der Waals surface area contributed by atoms with Crippen molar-refractivity contribution in [3.63, 3.8) is 0 Å². The lowest BCUT2D eigenvalue weighted by Gasteiger charge is -1.94. The Kier molecular flexibility index (Phi) is 205. The van der Waals surface area contributed by atoms with Crippen LogP contribution in [0.1, 0.15) is 67.2 Å². The fourth-order valence-corrected chi connectivity index (χ4v) is 0.262. The van der Waals surface area contributed by atoms with Crippen LogP contribution >= 0.6 is 0 Å². The topological polar surface area (TPSA) is 110 Å². The third kappa shape index (κ3) is 254. The van der Waals surface area contributed by atoms with Crippen molar-refractivity contribution in [2.75, 3.05) is 13.2 Å². The quantitative estimate of drug-likeness (QED) is 0.461. The highest BCUT2D eigenvalue weighted by Gasteiger charge is 1.89. The van der Waals surface area contributed by atoms with Crippen LogP contribution in [0.3, 0.4) is 0 Å². The average molecular weight is 355 g/mol. The molecule has 0 amide bonds. The van der Waals surface area contributed by atoms with Crippen molar-refractivity contribution in [3.8, 4) is 0 Å². The summed E-state index contributed by atoms with van der Waals surface area (Å²) in [6.07, 6.45) is 5.40. The van der Waals surface area contributed by atoms with Crippen LogP contribution in [0.15, 0.2) is 39.0 Å². The van der Waals surface area contributed by atoms with Gasteiger partial charge in [-0.1, -0.05) is 61.0 Å². The van der Waals surface area contributed by atoms with Gasteiger partial charge in [0.1, 0.15) is 0 Å². The summed E-state index contributed by atoms with van der Waals surface area (Å²) in [6, 6.07) is 0. The van der Waals surface area contributed by atoms with Gasteiger partial charge >= 0.3 is 5.97 Å². The lowest BCUT2D eigenvalue weighted by Crippen LogP contribution is -1.99. The molecule has 24 heavy (non-hydrogen) atoms. The van der Waals surface area contributed by atoms with Crippen LogP contribution in [0.2, 0.25) is 0 Å². The van der Waals surface area contributed by atoms with Gasteiger partial charge in [-0.25, -0.2) is 4.79 Å². The van der Waals surface area contributed by atoms with Gasteiger partial charge in [0.2, 0.25) is 0 Å². The maximum Gasteiger partial charge on any atom is 0.330 e. The van der Waals surface area contributed by atoms with E-state index in [4.69, 9.17) is 5.11 Å². The number of hydrogen-bond donors (Lipinski definition) is 1. The van der Waals surface area contributed by atoms with Gasteiger partial charge in [0.15, 0.2) is 0 Å². The largest absolute Gasteiger partial charge is 0.463 e. The fraction of sp³-hybridized carbons (Fsp3) is 0.632. The number of carbonyl (C=O) groups excluding carboxylic acids is 1. The Bertz CT molecular complexity index is 156. The van der Waals surface area contributed by atoms with Gasteiger partial charge in [-0.15, -0.1) is 26.3 Å². The molecule has 0 aliphatic rings. The lowest BCUT2D eigenvalue weighted by atomic mass is 10.5. The number of rotatable bonds is 4. The first kappa shape index (κ1) is 49.5. The molecule has 0 aromatic carbocycles. The molecule has 5 N–H and O–H groups in total. The zero-order valence-electron chi connectivity index (χ0n) is 17.1. The van der Waals surface area contributed by atoms with E-state index >= 15 is 0 Å². The molecule has 0 saturated heterocycles. The van der Waals surface area contributed by atoms with Crippen LogP contribution in [-0.4, -0.2) is 35.2 Å². The standard InChI is InChI=1S/C6H10O2.C3H8O.2C3H8.2C2H4.2H2O/c1-3-5-8-6(7)4-2;1-2-3-4;2*1-3-2;2*1-2;;/h4H,2-3,5H2,1H3;4H,2-3H2,1H3;2*3H2,1-2H3;2*1-2H2;2*1H2. The van der Waals surface area contributed by atoms with Crippen LogP contribution in [0.5, 0.6) is 0 Å². The van der Waals surface area contributed by atoms with Gasteiger partial charge in [0.05, 0.1) is 6.61 Å². The molecular formula is C19H46O5. The lowest BCUT2D eigenvalue weighted by molar-refractivity contribution is -0.137. The number of aliphatic hydroxyl groups is 1. The van der Waals surface area contributed by atoms with E-state index in [-0.39, 0.29) is 16.9 Å². The number of ether oxygens (including phenoxy) is 1. The van der Waals surface area contributed by atoms with E-state index in [0.29, 0.717) is 13.2 Å². The summed E-state index contributed by atoms with van der Waals surface area (Å²) in [5, 5.41) is 7.88. The Balaban J connectivity index is -0.0000000232. The van der Waals surface area contributed by atoms with E-state index < -0.39 is 0 Å². The third-order valence-electron chi connectivity index (χ3n) is 0.839. The molecule has 0 atom stereocenters. The van der Waals surface area contributed by atoms with Crippen LogP contribution in [0.4, 0.5) is 0 Å². The van der Waals surface area contributed by atoms with E-state index in [1.54, 1.807) is 0 Å². The predicted octanol–water partition coefficient (Wildman–Crippen LogP) is 4.30. The minimum atomic E-state index is -0.341. The summed E-state index contributed by atoms with van der Waals surface area (Å²) in [5.74, 6) is -0.341. The molecule has 0 unspecified atom stereocenters. The van der Waals surface area contributed by atoms with E-state index in [1.807, 2.05) is 13.8 Å². The number of hydrogen-bond acceptors (Lipinski definition) is 3. The van der Waals surface area contributed by atoms with E-state index in [9.17, 15) is 4.79 Å². The van der Waals surface area contributed by atoms with Crippen LogP contribution in [-0.2, 0) is 9.53 Å². The van der Waals surface area contributed by atoms with Gasteiger partial charge < -0.3 is 20.8 Å². The Morgan fingerprint density at radius 2 is 1.12 bits per heavy atom. The molecule has 0 saturated carbocycles. The molecule has 0 rings (SSSR count). The summed E-state index contributed by atoms with van der Waals surface area (Å²) >= 11 is 0. The van der Waals surface area contributed by atoms with Gasteiger partial charge in [0.25, 0.3) is 0 Å². The molecule has 0 aromatic rings. The smallest absolute Gasteiger partial charge is 0.330 e. The van der Waals surface area contributed by atoms with Crippen molar-refractivity contribution in [2.45, 2.75) is 67.2 Å². The molecule has 0 fully saturated rings. The summed E-state index contributed by atoms with van der Waals surface area (Å²) < 4.78 is 4.58. The molecular weight excluding hydrogens is 308 g/mol. The SMILES string of the molecule is C=C.C=C.C=CC(=O)OCCC.CCC.CCC.CCCO.O.O. The normalized spacial score (nSPS) is 5.79. The van der Waals surface area contributed by atoms with Crippen molar-refractivity contribution in [1.82, 2.24) is 0 Å². The van der Waals surface area contributed by atoms with Gasteiger partial charge in [-0.3, -0.25) is 0 Å². The van der Waals surface area contributed by atoms with Gasteiger partial charge in [-0.05, 0) is 12.8 Å². The third-order valence-corrected chi connectivity index (χ3v) is 0.839. The highest BCUT2D eigenvalue weighted by molar-refractivity contribution is 5.81. The van der Waals surface area contributed by atoms with Crippen molar-refractivity contribution in [3.05, 3.63) is 39.0 Å². The van der Waals surface area contributed by atoms with Crippen molar-refractivity contribution in [1.29, 1.82) is 0 Å². The molecule has 0 aliphatic carbocycles. The van der Waals surface area contributed by atoms with E-state index in [0.717, 1.165) is 18.9 Å². The molecule has 5 heteroatoms. The highest BCUT2D eigenvalue weighted by atomic mass is 16.5. The molecule has 0 radical (unpaired) electrons. The molecule has 0 bridgehead atoms. The average Bonchev–Trinajstić information content (AvgIpc) is 2.58. The molecule has 152 valence electrons. The Morgan fingerprint density at radius 3 is 1.25 bits per heavy atom. The van der Waals surface area contributed by atoms with Gasteiger partial charge in [0, 0.05) is 12.7 Å². The molecule has 0 aliphatic heterocycles. The molecule has 0 aromatic heterocycles. The maximum atomic E-state index is 10.2. The van der Waals surface area contributed by atoms with Crippen LogP contribution in [0, 0.1) is 0 Å². The summed E-state index contributed by atoms with van der Waals surface area (Å²) in [5.41, 5.74) is 0. The number of aliphatic hydroxyl groups excluding tert-OH is 1.